The first-order chi connectivity index (χ1) is 8.04. The second-order valence-electron chi connectivity index (χ2n) is 5.41. The highest BCUT2D eigenvalue weighted by molar-refractivity contribution is 5.74. The molecule has 0 aromatic carbocycles. The van der Waals surface area contributed by atoms with E-state index in [1.54, 1.807) is 0 Å². The van der Waals surface area contributed by atoms with Crippen molar-refractivity contribution in [2.24, 2.45) is 11.8 Å². The van der Waals surface area contributed by atoms with E-state index in [1.807, 2.05) is 11.8 Å². The van der Waals surface area contributed by atoms with Crippen LogP contribution in [0.15, 0.2) is 0 Å². The van der Waals surface area contributed by atoms with Gasteiger partial charge in [-0.1, -0.05) is 13.8 Å². The number of carbonyl (C=O) groups is 1. The van der Waals surface area contributed by atoms with Crippen LogP contribution in [0.3, 0.4) is 0 Å². The van der Waals surface area contributed by atoms with Gasteiger partial charge < -0.3 is 15.3 Å². The number of aliphatic hydroxyl groups excluding tert-OH is 1. The Morgan fingerprint density at radius 2 is 2.18 bits per heavy atom. The number of rotatable bonds is 4. The fraction of sp³-hybridized carbons (Fsp3) is 0.923. The van der Waals surface area contributed by atoms with Crippen LogP contribution < -0.4 is 5.32 Å². The number of amides is 2. The Morgan fingerprint density at radius 3 is 2.76 bits per heavy atom. The molecule has 1 aliphatic rings. The van der Waals surface area contributed by atoms with Crippen molar-refractivity contribution < 1.29 is 9.90 Å². The molecule has 100 valence electrons. The van der Waals surface area contributed by atoms with Gasteiger partial charge in [-0.2, -0.15) is 0 Å². The summed E-state index contributed by atoms with van der Waals surface area (Å²) in [5, 5.41) is 11.7. The van der Waals surface area contributed by atoms with Gasteiger partial charge >= 0.3 is 6.03 Å². The van der Waals surface area contributed by atoms with Crippen molar-refractivity contribution in [3.8, 4) is 0 Å². The van der Waals surface area contributed by atoms with Crippen molar-refractivity contribution in [2.45, 2.75) is 46.1 Å². The Bertz CT molecular complexity index is 246. The Morgan fingerprint density at radius 1 is 1.47 bits per heavy atom. The van der Waals surface area contributed by atoms with E-state index in [0.29, 0.717) is 11.8 Å². The van der Waals surface area contributed by atoms with Gasteiger partial charge in [-0.3, -0.25) is 0 Å². The average molecular weight is 242 g/mol. The van der Waals surface area contributed by atoms with E-state index in [2.05, 4.69) is 19.2 Å². The molecule has 4 heteroatoms. The lowest BCUT2D eigenvalue weighted by Gasteiger charge is -2.35. The maximum Gasteiger partial charge on any atom is 0.317 e. The second kappa shape index (κ2) is 6.84. The van der Waals surface area contributed by atoms with E-state index in [9.17, 15) is 4.79 Å². The van der Waals surface area contributed by atoms with Gasteiger partial charge in [0.15, 0.2) is 0 Å². The summed E-state index contributed by atoms with van der Waals surface area (Å²) in [7, 11) is 0. The van der Waals surface area contributed by atoms with Crippen LogP contribution in [-0.4, -0.2) is 41.8 Å². The lowest BCUT2D eigenvalue weighted by Crippen LogP contribution is -2.49. The number of nitrogens with one attached hydrogen (secondary N) is 1. The normalized spacial score (nSPS) is 26.7. The van der Waals surface area contributed by atoms with Gasteiger partial charge in [-0.15, -0.1) is 0 Å². The molecule has 1 rings (SSSR count). The minimum Gasteiger partial charge on any atom is -0.396 e. The molecule has 3 unspecified atom stereocenters. The number of urea groups is 1. The smallest absolute Gasteiger partial charge is 0.317 e. The molecule has 1 fully saturated rings. The molecule has 1 aliphatic heterocycles. The molecule has 0 aliphatic carbocycles. The quantitative estimate of drug-likeness (QED) is 0.790. The molecular formula is C13H26N2O2. The van der Waals surface area contributed by atoms with Gasteiger partial charge in [0, 0.05) is 25.7 Å². The third-order valence-corrected chi connectivity index (χ3v) is 3.79. The fourth-order valence-corrected chi connectivity index (χ4v) is 2.22. The standard InChI is InChI=1S/C13H26N2O2/c1-10-6-7-15(9-11(10)2)13(17)14-12(3)5-4-8-16/h10-12,16H,4-9H2,1-3H3,(H,14,17). The molecule has 1 saturated heterocycles. The number of aliphatic hydroxyl groups is 1. The SMILES string of the molecule is CC(CCCO)NC(=O)N1CCC(C)C(C)C1. The Balaban J connectivity index is 2.32. The Kier molecular flexibility index (Phi) is 5.75. The van der Waals surface area contributed by atoms with Crippen LogP contribution in [0.1, 0.15) is 40.0 Å². The van der Waals surface area contributed by atoms with E-state index < -0.39 is 0 Å². The predicted octanol–water partition coefficient (Wildman–Crippen LogP) is 1.83. The Labute approximate surface area is 104 Å². The van der Waals surface area contributed by atoms with Gasteiger partial charge in [-0.25, -0.2) is 4.79 Å². The minimum atomic E-state index is 0.0502. The number of piperidine rings is 1. The number of hydrogen-bond donors (Lipinski definition) is 2. The van der Waals surface area contributed by atoms with E-state index in [0.717, 1.165) is 32.4 Å². The van der Waals surface area contributed by atoms with Gasteiger partial charge in [0.05, 0.1) is 0 Å². The van der Waals surface area contributed by atoms with Crippen LogP contribution in [0.5, 0.6) is 0 Å². The molecule has 0 radical (unpaired) electrons. The highest BCUT2D eigenvalue weighted by atomic mass is 16.3. The summed E-state index contributed by atoms with van der Waals surface area (Å²) < 4.78 is 0. The van der Waals surface area contributed by atoms with Gasteiger partial charge in [-0.05, 0) is 38.0 Å². The van der Waals surface area contributed by atoms with Gasteiger partial charge in [0.1, 0.15) is 0 Å². The largest absolute Gasteiger partial charge is 0.396 e. The van der Waals surface area contributed by atoms with Crippen LogP contribution in [0.25, 0.3) is 0 Å². The lowest BCUT2D eigenvalue weighted by atomic mass is 9.89. The highest BCUT2D eigenvalue weighted by Gasteiger charge is 2.26. The molecule has 2 amide bonds. The second-order valence-corrected chi connectivity index (χ2v) is 5.41. The van der Waals surface area contributed by atoms with Crippen LogP contribution >= 0.6 is 0 Å². The molecular weight excluding hydrogens is 216 g/mol. The first-order valence-corrected chi connectivity index (χ1v) is 6.71. The summed E-state index contributed by atoms with van der Waals surface area (Å²) in [5.41, 5.74) is 0. The molecule has 0 spiro atoms. The number of likely N-dealkylation sites (tertiary alicyclic amines) is 1. The first-order valence-electron chi connectivity index (χ1n) is 6.71. The van der Waals surface area contributed by atoms with Crippen molar-refractivity contribution >= 4 is 6.03 Å². The Hall–Kier alpha value is -0.770. The van der Waals surface area contributed by atoms with Crippen molar-refractivity contribution in [1.82, 2.24) is 10.2 Å². The molecule has 4 nitrogen and oxygen atoms in total. The molecule has 17 heavy (non-hydrogen) atoms. The average Bonchev–Trinajstić information content (AvgIpc) is 2.30. The zero-order valence-electron chi connectivity index (χ0n) is 11.3. The number of hydrogen-bond acceptors (Lipinski definition) is 2. The summed E-state index contributed by atoms with van der Waals surface area (Å²) in [5.74, 6) is 1.30. The van der Waals surface area contributed by atoms with E-state index >= 15 is 0 Å². The van der Waals surface area contributed by atoms with Gasteiger partial charge in [0.2, 0.25) is 0 Å². The van der Waals surface area contributed by atoms with Gasteiger partial charge in [0.25, 0.3) is 0 Å². The van der Waals surface area contributed by atoms with Crippen LogP contribution in [0.2, 0.25) is 0 Å². The van der Waals surface area contributed by atoms with Crippen molar-refractivity contribution in [1.29, 1.82) is 0 Å². The molecule has 1 heterocycles. The van der Waals surface area contributed by atoms with Crippen molar-refractivity contribution in [2.75, 3.05) is 19.7 Å². The first kappa shape index (κ1) is 14.3. The lowest BCUT2D eigenvalue weighted by molar-refractivity contribution is 0.141. The number of nitrogens with zero attached hydrogens (tertiary/aromatic N) is 1. The molecule has 0 saturated carbocycles. The minimum absolute atomic E-state index is 0.0502. The fourth-order valence-electron chi connectivity index (χ4n) is 2.22. The van der Waals surface area contributed by atoms with E-state index in [1.165, 1.54) is 0 Å². The zero-order valence-corrected chi connectivity index (χ0v) is 11.3. The topological polar surface area (TPSA) is 52.6 Å². The maximum atomic E-state index is 12.0. The van der Waals surface area contributed by atoms with Crippen molar-refractivity contribution in [3.05, 3.63) is 0 Å². The highest BCUT2D eigenvalue weighted by Crippen LogP contribution is 2.22. The monoisotopic (exact) mass is 242 g/mol. The summed E-state index contributed by atoms with van der Waals surface area (Å²) in [6.07, 6.45) is 2.68. The van der Waals surface area contributed by atoms with E-state index in [4.69, 9.17) is 5.11 Å². The van der Waals surface area contributed by atoms with Crippen LogP contribution in [0.4, 0.5) is 4.79 Å². The molecule has 0 aromatic heterocycles. The zero-order chi connectivity index (χ0) is 12.8. The van der Waals surface area contributed by atoms with E-state index in [-0.39, 0.29) is 18.7 Å². The predicted molar refractivity (Wildman–Crippen MR) is 68.8 cm³/mol. The molecule has 0 aromatic rings. The summed E-state index contributed by atoms with van der Waals surface area (Å²) in [6, 6.07) is 0.193. The van der Waals surface area contributed by atoms with Crippen LogP contribution in [0, 0.1) is 11.8 Å². The third-order valence-electron chi connectivity index (χ3n) is 3.79. The maximum absolute atomic E-state index is 12.0. The summed E-state index contributed by atoms with van der Waals surface area (Å²) in [6.45, 7) is 8.37. The summed E-state index contributed by atoms with van der Waals surface area (Å²) >= 11 is 0. The molecule has 2 N–H and O–H groups in total. The molecule has 0 bridgehead atoms. The molecule has 3 atom stereocenters. The third kappa shape index (κ3) is 4.54. The van der Waals surface area contributed by atoms with Crippen molar-refractivity contribution in [3.63, 3.8) is 0 Å². The summed E-state index contributed by atoms with van der Waals surface area (Å²) in [4.78, 5) is 13.9. The number of carbonyl (C=O) groups excluding carboxylic acids is 1. The van der Waals surface area contributed by atoms with Crippen LogP contribution in [-0.2, 0) is 0 Å².